The average molecular weight is 255 g/mol. The van der Waals surface area contributed by atoms with Gasteiger partial charge in [-0.05, 0) is 18.1 Å². The monoisotopic (exact) mass is 255 g/mol. The Morgan fingerprint density at radius 3 is 2.17 bits per heavy atom. The molecule has 1 aromatic rings. The Hall–Kier alpha value is -1.50. The van der Waals surface area contributed by atoms with E-state index in [0.717, 1.165) is 24.3 Å². The standard InChI is InChI=1S/C12H21N3O3/c1-16-10-7-12(18-3)11(17-2)6-9(10)4-5-14-8-15-13/h6-7,14-15H,4-5,8,13H2,1-3H3. The van der Waals surface area contributed by atoms with Gasteiger partial charge in [0, 0.05) is 12.6 Å². The lowest BCUT2D eigenvalue weighted by atomic mass is 10.1. The van der Waals surface area contributed by atoms with Gasteiger partial charge in [0.05, 0.1) is 28.0 Å². The molecule has 1 aromatic carbocycles. The molecule has 0 bridgehead atoms. The van der Waals surface area contributed by atoms with Crippen molar-refractivity contribution in [2.45, 2.75) is 6.42 Å². The summed E-state index contributed by atoms with van der Waals surface area (Å²) in [5.74, 6) is 7.32. The van der Waals surface area contributed by atoms with Crippen LogP contribution in [0.5, 0.6) is 17.2 Å². The topological polar surface area (TPSA) is 77.8 Å². The number of nitrogens with two attached hydrogens (primary N) is 1. The van der Waals surface area contributed by atoms with Crippen molar-refractivity contribution in [3.05, 3.63) is 17.7 Å². The molecule has 0 radical (unpaired) electrons. The average Bonchev–Trinajstić information content (AvgIpc) is 2.42. The molecule has 4 N–H and O–H groups in total. The van der Waals surface area contributed by atoms with Crippen molar-refractivity contribution in [3.63, 3.8) is 0 Å². The summed E-state index contributed by atoms with van der Waals surface area (Å²) in [4.78, 5) is 0. The number of hydrogen-bond acceptors (Lipinski definition) is 6. The van der Waals surface area contributed by atoms with Crippen molar-refractivity contribution in [2.75, 3.05) is 34.5 Å². The first-order valence-electron chi connectivity index (χ1n) is 5.69. The highest BCUT2D eigenvalue weighted by Gasteiger charge is 2.11. The quantitative estimate of drug-likeness (QED) is 0.268. The predicted octanol–water partition coefficient (Wildman–Crippen LogP) is 0.265. The summed E-state index contributed by atoms with van der Waals surface area (Å²) in [5, 5.41) is 3.14. The van der Waals surface area contributed by atoms with E-state index in [2.05, 4.69) is 10.7 Å². The van der Waals surface area contributed by atoms with Crippen LogP contribution in [-0.4, -0.2) is 34.5 Å². The molecule has 102 valence electrons. The highest BCUT2D eigenvalue weighted by Crippen LogP contribution is 2.34. The third kappa shape index (κ3) is 3.76. The minimum Gasteiger partial charge on any atom is -0.496 e. The fraction of sp³-hybridized carbons (Fsp3) is 0.500. The largest absolute Gasteiger partial charge is 0.496 e. The maximum Gasteiger partial charge on any atom is 0.164 e. The van der Waals surface area contributed by atoms with Gasteiger partial charge >= 0.3 is 0 Å². The second kappa shape index (κ2) is 7.75. The molecule has 0 aliphatic heterocycles. The Balaban J connectivity index is 2.81. The number of hydrogen-bond donors (Lipinski definition) is 3. The van der Waals surface area contributed by atoms with Crippen LogP contribution in [0.3, 0.4) is 0 Å². The third-order valence-electron chi connectivity index (χ3n) is 2.58. The highest BCUT2D eigenvalue weighted by atomic mass is 16.5. The normalized spacial score (nSPS) is 10.2. The van der Waals surface area contributed by atoms with Gasteiger partial charge in [-0.3, -0.25) is 5.84 Å². The Morgan fingerprint density at radius 2 is 1.61 bits per heavy atom. The second-order valence-corrected chi connectivity index (χ2v) is 3.65. The van der Waals surface area contributed by atoms with E-state index >= 15 is 0 Å². The first-order valence-corrected chi connectivity index (χ1v) is 5.69. The summed E-state index contributed by atoms with van der Waals surface area (Å²) in [5.41, 5.74) is 3.59. The summed E-state index contributed by atoms with van der Waals surface area (Å²) in [6.45, 7) is 1.35. The fourth-order valence-electron chi connectivity index (χ4n) is 1.67. The van der Waals surface area contributed by atoms with E-state index in [9.17, 15) is 0 Å². The number of hydrazine groups is 1. The second-order valence-electron chi connectivity index (χ2n) is 3.65. The van der Waals surface area contributed by atoms with Crippen molar-refractivity contribution < 1.29 is 14.2 Å². The van der Waals surface area contributed by atoms with Crippen LogP contribution < -0.4 is 30.8 Å². The van der Waals surface area contributed by atoms with Crippen LogP contribution in [0.4, 0.5) is 0 Å². The molecule has 0 aliphatic carbocycles. The lowest BCUT2D eigenvalue weighted by Gasteiger charge is -2.14. The Bertz CT molecular complexity index is 372. The molecule has 6 nitrogen and oxygen atoms in total. The van der Waals surface area contributed by atoms with Gasteiger partial charge in [0.15, 0.2) is 11.5 Å². The SMILES string of the molecule is COc1cc(OC)c(OC)cc1CCNCNN. The van der Waals surface area contributed by atoms with Crippen LogP contribution in [0.15, 0.2) is 12.1 Å². The number of nitrogens with one attached hydrogen (secondary N) is 2. The van der Waals surface area contributed by atoms with Gasteiger partial charge in [-0.1, -0.05) is 0 Å². The smallest absolute Gasteiger partial charge is 0.164 e. The van der Waals surface area contributed by atoms with Crippen LogP contribution in [-0.2, 0) is 6.42 Å². The summed E-state index contributed by atoms with van der Waals surface area (Å²) in [7, 11) is 4.86. The van der Waals surface area contributed by atoms with Crippen molar-refractivity contribution in [2.24, 2.45) is 5.84 Å². The molecule has 18 heavy (non-hydrogen) atoms. The van der Waals surface area contributed by atoms with E-state index in [1.54, 1.807) is 21.3 Å². The molecule has 0 amide bonds. The lowest BCUT2D eigenvalue weighted by molar-refractivity contribution is 0.347. The van der Waals surface area contributed by atoms with Gasteiger partial charge in [0.25, 0.3) is 0 Å². The van der Waals surface area contributed by atoms with Gasteiger partial charge in [0.2, 0.25) is 0 Å². The van der Waals surface area contributed by atoms with E-state index in [4.69, 9.17) is 20.1 Å². The van der Waals surface area contributed by atoms with Gasteiger partial charge < -0.3 is 19.5 Å². The van der Waals surface area contributed by atoms with Gasteiger partial charge in [0.1, 0.15) is 5.75 Å². The summed E-state index contributed by atoms with van der Waals surface area (Å²) < 4.78 is 15.8. The predicted molar refractivity (Wildman–Crippen MR) is 70.0 cm³/mol. The summed E-state index contributed by atoms with van der Waals surface area (Å²) in [6.07, 6.45) is 0.811. The zero-order valence-corrected chi connectivity index (χ0v) is 11.1. The van der Waals surface area contributed by atoms with Crippen molar-refractivity contribution in [1.82, 2.24) is 10.7 Å². The summed E-state index contributed by atoms with van der Waals surface area (Å²) >= 11 is 0. The molecule has 0 unspecified atom stereocenters. The molecule has 6 heteroatoms. The maximum atomic E-state index is 5.34. The number of rotatable bonds is 8. The van der Waals surface area contributed by atoms with E-state index in [1.807, 2.05) is 12.1 Å². The van der Waals surface area contributed by atoms with Gasteiger partial charge in [-0.25, -0.2) is 5.43 Å². The minimum absolute atomic E-state index is 0.565. The molecule has 0 atom stereocenters. The highest BCUT2D eigenvalue weighted by molar-refractivity contribution is 5.50. The Labute approximate surface area is 107 Å². The van der Waals surface area contributed by atoms with Crippen LogP contribution in [0.1, 0.15) is 5.56 Å². The van der Waals surface area contributed by atoms with E-state index in [-0.39, 0.29) is 0 Å². The summed E-state index contributed by atoms with van der Waals surface area (Å²) in [6, 6.07) is 3.75. The molecular weight excluding hydrogens is 234 g/mol. The fourth-order valence-corrected chi connectivity index (χ4v) is 1.67. The van der Waals surface area contributed by atoms with Crippen LogP contribution in [0.2, 0.25) is 0 Å². The van der Waals surface area contributed by atoms with Crippen molar-refractivity contribution >= 4 is 0 Å². The van der Waals surface area contributed by atoms with E-state index in [1.165, 1.54) is 0 Å². The Morgan fingerprint density at radius 1 is 1.00 bits per heavy atom. The maximum absolute atomic E-state index is 5.34. The Kier molecular flexibility index (Phi) is 6.27. The van der Waals surface area contributed by atoms with Crippen LogP contribution >= 0.6 is 0 Å². The molecule has 0 fully saturated rings. The molecule has 0 saturated carbocycles. The first-order chi connectivity index (χ1) is 8.76. The van der Waals surface area contributed by atoms with Crippen molar-refractivity contribution in [3.8, 4) is 17.2 Å². The lowest BCUT2D eigenvalue weighted by Crippen LogP contribution is -2.34. The molecule has 0 spiro atoms. The molecule has 1 rings (SSSR count). The van der Waals surface area contributed by atoms with Crippen LogP contribution in [0.25, 0.3) is 0 Å². The molecule has 0 saturated heterocycles. The molecular formula is C12H21N3O3. The van der Waals surface area contributed by atoms with Crippen molar-refractivity contribution in [1.29, 1.82) is 0 Å². The number of benzene rings is 1. The molecule has 0 aliphatic rings. The molecule has 0 aromatic heterocycles. The van der Waals surface area contributed by atoms with E-state index in [0.29, 0.717) is 18.2 Å². The minimum atomic E-state index is 0.565. The third-order valence-corrected chi connectivity index (χ3v) is 2.58. The molecule has 0 heterocycles. The van der Waals surface area contributed by atoms with Crippen LogP contribution in [0, 0.1) is 0 Å². The van der Waals surface area contributed by atoms with Gasteiger partial charge in [-0.15, -0.1) is 0 Å². The zero-order valence-electron chi connectivity index (χ0n) is 11.1. The zero-order chi connectivity index (χ0) is 13.4. The van der Waals surface area contributed by atoms with E-state index < -0.39 is 0 Å². The number of ether oxygens (including phenoxy) is 3. The number of methoxy groups -OCH3 is 3. The van der Waals surface area contributed by atoms with Gasteiger partial charge in [-0.2, -0.15) is 0 Å². The first kappa shape index (κ1) is 14.6.